The lowest BCUT2D eigenvalue weighted by Gasteiger charge is -2.41. The molecule has 1 spiro atoms. The number of carbonyl (C=O) groups excluding carboxylic acids is 3. The lowest BCUT2D eigenvalue weighted by molar-refractivity contribution is -0.146. The van der Waals surface area contributed by atoms with Crippen LogP contribution in [0.1, 0.15) is 46.1 Å². The monoisotopic (exact) mass is 750 g/mol. The summed E-state index contributed by atoms with van der Waals surface area (Å²) in [6.45, 7) is 18.6. The molecule has 5 rings (SSSR count). The van der Waals surface area contributed by atoms with Gasteiger partial charge in [-0.2, -0.15) is 0 Å². The smallest absolute Gasteiger partial charge is 0.251 e. The van der Waals surface area contributed by atoms with Gasteiger partial charge in [0.25, 0.3) is 5.91 Å². The first-order valence-corrected chi connectivity index (χ1v) is 19.4. The topological polar surface area (TPSA) is 84.4 Å². The van der Waals surface area contributed by atoms with Crippen molar-refractivity contribution in [1.82, 2.24) is 9.80 Å². The predicted molar refractivity (Wildman–Crippen MR) is 204 cm³/mol. The van der Waals surface area contributed by atoms with Crippen LogP contribution in [0.25, 0.3) is 0 Å². The lowest BCUT2D eigenvalue weighted by Crippen LogP contribution is -2.59. The van der Waals surface area contributed by atoms with Gasteiger partial charge >= 0.3 is 0 Å². The van der Waals surface area contributed by atoms with Crippen molar-refractivity contribution in [3.05, 3.63) is 85.5 Å². The molecule has 3 heterocycles. The van der Waals surface area contributed by atoms with Crippen molar-refractivity contribution >= 4 is 56.8 Å². The third-order valence-corrected chi connectivity index (χ3v) is 14.1. The summed E-state index contributed by atoms with van der Waals surface area (Å²) in [5.41, 5.74) is 2.79. The van der Waals surface area contributed by atoms with Crippen LogP contribution in [0.4, 0.5) is 11.4 Å². The van der Waals surface area contributed by atoms with Gasteiger partial charge in [0.15, 0.2) is 0 Å². The Morgan fingerprint density at radius 1 is 1.02 bits per heavy atom. The zero-order chi connectivity index (χ0) is 35.5. The molecule has 0 saturated carbocycles. The van der Waals surface area contributed by atoms with Crippen molar-refractivity contribution in [3.63, 3.8) is 0 Å². The fourth-order valence-corrected chi connectivity index (χ4v) is 11.8. The highest BCUT2D eigenvalue weighted by Crippen LogP contribution is 2.68. The Hall–Kier alpha value is -3.08. The van der Waals surface area contributed by atoms with Gasteiger partial charge < -0.3 is 24.7 Å². The van der Waals surface area contributed by atoms with E-state index in [1.165, 1.54) is 0 Å². The van der Waals surface area contributed by atoms with E-state index in [1.54, 1.807) is 38.6 Å². The molecule has 0 aliphatic carbocycles. The second-order valence-corrected chi connectivity index (χ2v) is 16.2. The minimum Gasteiger partial charge on any atom is -0.394 e. The molecule has 3 fully saturated rings. The van der Waals surface area contributed by atoms with E-state index >= 15 is 4.79 Å². The highest BCUT2D eigenvalue weighted by Gasteiger charge is 2.76. The normalized spacial score (nSPS) is 26.6. The minimum atomic E-state index is -0.867. The van der Waals surface area contributed by atoms with Crippen LogP contribution in [-0.2, 0) is 20.9 Å². The number of amides is 3. The van der Waals surface area contributed by atoms with Gasteiger partial charge in [0.05, 0.1) is 29.2 Å². The number of hydrogen-bond donors (Lipinski definition) is 1. The van der Waals surface area contributed by atoms with Crippen LogP contribution in [0.3, 0.4) is 0 Å². The van der Waals surface area contributed by atoms with Crippen LogP contribution in [0.2, 0.25) is 0 Å². The van der Waals surface area contributed by atoms with E-state index in [1.807, 2.05) is 68.4 Å². The van der Waals surface area contributed by atoms with Gasteiger partial charge in [-0.3, -0.25) is 14.4 Å². The second-order valence-electron chi connectivity index (χ2n) is 13.5. The van der Waals surface area contributed by atoms with E-state index in [-0.39, 0.29) is 46.9 Å². The molecule has 264 valence electrons. The average molecular weight is 752 g/mol. The number of hydrogen-bond acceptors (Lipinski definition) is 6. The van der Waals surface area contributed by atoms with Crippen LogP contribution in [-0.4, -0.2) is 92.3 Å². The number of rotatable bonds is 16. The molecule has 3 saturated heterocycles. The molecule has 1 N–H and O–H groups in total. The largest absolute Gasteiger partial charge is 0.394 e. The second kappa shape index (κ2) is 15.9. The zero-order valence-corrected chi connectivity index (χ0v) is 31.6. The molecule has 3 amide bonds. The van der Waals surface area contributed by atoms with E-state index in [4.69, 9.17) is 0 Å². The molecule has 3 aliphatic rings. The summed E-state index contributed by atoms with van der Waals surface area (Å²) in [4.78, 5) is 52.2. The first-order chi connectivity index (χ1) is 23.6. The lowest BCUT2D eigenvalue weighted by atomic mass is 9.70. The summed E-state index contributed by atoms with van der Waals surface area (Å²) in [5, 5.41) is 10.7. The Bertz CT molecular complexity index is 1500. The number of likely N-dealkylation sites (tertiary alicyclic amines) is 1. The predicted octanol–water partition coefficient (Wildman–Crippen LogP) is 6.14. The molecule has 2 aromatic rings. The number of benzene rings is 2. The molecular formula is C39H51BrN4O4S. The number of aliphatic hydroxyl groups is 1. The number of nitrogens with zero attached hydrogens (tertiary/aromatic N) is 4. The summed E-state index contributed by atoms with van der Waals surface area (Å²) >= 11 is 5.54. The summed E-state index contributed by atoms with van der Waals surface area (Å²) < 4.78 is -0.846. The fourth-order valence-electron chi connectivity index (χ4n) is 8.23. The van der Waals surface area contributed by atoms with E-state index in [0.29, 0.717) is 19.5 Å². The highest BCUT2D eigenvalue weighted by atomic mass is 79.9. The number of aliphatic hydroxyl groups excluding tert-OH is 1. The third-order valence-electron chi connectivity index (χ3n) is 10.8. The van der Waals surface area contributed by atoms with Crippen molar-refractivity contribution in [3.8, 4) is 0 Å². The van der Waals surface area contributed by atoms with E-state index < -0.39 is 28.7 Å². The number of thioether (sulfide) groups is 1. The molecule has 3 aliphatic heterocycles. The third kappa shape index (κ3) is 6.73. The number of anilines is 2. The van der Waals surface area contributed by atoms with Gasteiger partial charge in [-0.15, -0.1) is 24.9 Å². The van der Waals surface area contributed by atoms with Crippen molar-refractivity contribution < 1.29 is 19.5 Å². The summed E-state index contributed by atoms with van der Waals surface area (Å²) in [7, 11) is 0. The minimum absolute atomic E-state index is 0.0628. The van der Waals surface area contributed by atoms with Gasteiger partial charge in [0.1, 0.15) is 6.04 Å². The first-order valence-electron chi connectivity index (χ1n) is 17.6. The molecule has 0 radical (unpaired) electrons. The molecule has 2 aromatic carbocycles. The number of carbonyl (C=O) groups is 3. The van der Waals surface area contributed by atoms with Crippen molar-refractivity contribution in [2.24, 2.45) is 17.8 Å². The first kappa shape index (κ1) is 37.2. The molecule has 2 bridgehead atoms. The van der Waals surface area contributed by atoms with Crippen molar-refractivity contribution in [2.75, 3.05) is 42.6 Å². The van der Waals surface area contributed by atoms with Gasteiger partial charge in [0.2, 0.25) is 11.8 Å². The summed E-state index contributed by atoms with van der Waals surface area (Å²) in [5.74, 6) is -1.91. The maximum atomic E-state index is 15.2. The number of halogens is 1. The van der Waals surface area contributed by atoms with Crippen molar-refractivity contribution in [1.29, 1.82) is 0 Å². The molecule has 0 aromatic heterocycles. The van der Waals surface area contributed by atoms with Crippen LogP contribution in [0.5, 0.6) is 0 Å². The Morgan fingerprint density at radius 2 is 1.65 bits per heavy atom. The maximum absolute atomic E-state index is 15.2. The number of alkyl halides is 1. The summed E-state index contributed by atoms with van der Waals surface area (Å²) in [6, 6.07) is 16.4. The van der Waals surface area contributed by atoms with Gasteiger partial charge in [0, 0.05) is 54.2 Å². The van der Waals surface area contributed by atoms with Crippen molar-refractivity contribution in [2.45, 2.75) is 74.0 Å². The molecule has 3 unspecified atom stereocenters. The highest BCUT2D eigenvalue weighted by molar-refractivity contribution is 9.09. The fraction of sp³-hybridized carbons (Fsp3) is 0.513. The quantitative estimate of drug-likeness (QED) is 0.164. The van der Waals surface area contributed by atoms with Gasteiger partial charge in [-0.1, -0.05) is 78.7 Å². The Labute approximate surface area is 304 Å². The molecule has 8 nitrogen and oxygen atoms in total. The Balaban J connectivity index is 1.59. The summed E-state index contributed by atoms with van der Waals surface area (Å²) in [6.07, 6.45) is 4.72. The standard InChI is InChI=1S/C39H51BrN4O4S/c1-7-21-42(24-27-15-13-12-14-16-27)36(46)32-33-37(47)44(31(25-45)26(6)9-3)35(39(33)23-30(40)34(32)49-39)38(48)43(22-8-2)29-19-17-28(18-20-29)41(10-4)11-5/h7-8,12-20,26,30-35,45H,1-2,9-11,21-25H2,3-6H3/t26-,30?,31-,32-,33-,34-,35?,39?/m0/s1. The number of fused-ring (bicyclic) bond motifs is 1. The van der Waals surface area contributed by atoms with Crippen LogP contribution < -0.4 is 9.80 Å². The van der Waals surface area contributed by atoms with Crippen LogP contribution in [0.15, 0.2) is 79.9 Å². The molecular weight excluding hydrogens is 700 g/mol. The van der Waals surface area contributed by atoms with Crippen LogP contribution >= 0.6 is 27.7 Å². The maximum Gasteiger partial charge on any atom is 0.251 e. The Morgan fingerprint density at radius 3 is 2.22 bits per heavy atom. The Kier molecular flexibility index (Phi) is 12.0. The van der Waals surface area contributed by atoms with E-state index in [0.717, 1.165) is 36.4 Å². The van der Waals surface area contributed by atoms with E-state index in [2.05, 4.69) is 47.8 Å². The zero-order valence-electron chi connectivity index (χ0n) is 29.2. The van der Waals surface area contributed by atoms with Gasteiger partial charge in [-0.05, 0) is 56.0 Å². The average Bonchev–Trinajstić information content (AvgIpc) is 3.71. The molecule has 10 heteroatoms. The van der Waals surface area contributed by atoms with Gasteiger partial charge in [-0.25, -0.2) is 0 Å². The molecule has 8 atom stereocenters. The SMILES string of the molecule is C=CCN(Cc1ccccc1)C(=O)[C@H]1[C@H]2C(=O)N([C@@H](CO)[C@@H](C)CC)C(C(=O)N(CC=C)c3ccc(N(CC)CC)cc3)C23CC(Br)[C@@H]1S3. The molecule has 49 heavy (non-hydrogen) atoms. The van der Waals surface area contributed by atoms with E-state index in [9.17, 15) is 14.7 Å². The van der Waals surface area contributed by atoms with Crippen LogP contribution in [0, 0.1) is 17.8 Å².